The summed E-state index contributed by atoms with van der Waals surface area (Å²) in [5.41, 5.74) is 1.79. The third-order valence-electron chi connectivity index (χ3n) is 2.79. The summed E-state index contributed by atoms with van der Waals surface area (Å²) in [6.45, 7) is 3.87. The van der Waals surface area contributed by atoms with Crippen molar-refractivity contribution < 1.29 is 14.7 Å². The van der Waals surface area contributed by atoms with Gasteiger partial charge < -0.3 is 10.4 Å². The lowest BCUT2D eigenvalue weighted by atomic mass is 10.1. The van der Waals surface area contributed by atoms with Gasteiger partial charge in [-0.1, -0.05) is 19.1 Å². The molecule has 0 aromatic heterocycles. The first kappa shape index (κ1) is 14.2. The molecule has 4 nitrogen and oxygen atoms in total. The molecule has 0 spiro atoms. The predicted molar refractivity (Wildman–Crippen MR) is 69.6 cm³/mol. The first-order valence-corrected chi connectivity index (χ1v) is 6.14. The molecule has 1 aromatic carbocycles. The number of aliphatic carboxylic acids is 1. The number of rotatable bonds is 6. The molecule has 1 aromatic rings. The normalized spacial score (nSPS) is 11.9. The van der Waals surface area contributed by atoms with Crippen LogP contribution in [0.4, 0.5) is 0 Å². The molecule has 0 aliphatic heterocycles. The quantitative estimate of drug-likeness (QED) is 0.812. The van der Waals surface area contributed by atoms with Gasteiger partial charge in [-0.25, -0.2) is 0 Å². The van der Waals surface area contributed by atoms with Crippen LogP contribution in [0.1, 0.15) is 42.6 Å². The Morgan fingerprint density at radius 1 is 1.28 bits per heavy atom. The van der Waals surface area contributed by atoms with E-state index in [4.69, 9.17) is 5.11 Å². The van der Waals surface area contributed by atoms with Crippen LogP contribution in [0.25, 0.3) is 0 Å². The highest BCUT2D eigenvalue weighted by molar-refractivity contribution is 5.94. The van der Waals surface area contributed by atoms with Gasteiger partial charge in [0.1, 0.15) is 0 Å². The number of hydrogen-bond acceptors (Lipinski definition) is 2. The highest BCUT2D eigenvalue weighted by Crippen LogP contribution is 2.06. The fourth-order valence-corrected chi connectivity index (χ4v) is 1.61. The van der Waals surface area contributed by atoms with Crippen LogP contribution in [0.2, 0.25) is 0 Å². The van der Waals surface area contributed by atoms with Gasteiger partial charge >= 0.3 is 5.97 Å². The zero-order chi connectivity index (χ0) is 13.5. The van der Waals surface area contributed by atoms with Gasteiger partial charge in [-0.2, -0.15) is 0 Å². The van der Waals surface area contributed by atoms with Crippen LogP contribution in [-0.4, -0.2) is 23.0 Å². The molecule has 0 bridgehead atoms. The topological polar surface area (TPSA) is 66.4 Å². The van der Waals surface area contributed by atoms with E-state index in [-0.39, 0.29) is 18.4 Å². The van der Waals surface area contributed by atoms with Crippen molar-refractivity contribution in [2.75, 3.05) is 0 Å². The Kier molecular flexibility index (Phi) is 5.36. The molecule has 1 rings (SSSR count). The minimum absolute atomic E-state index is 0.0657. The van der Waals surface area contributed by atoms with Crippen molar-refractivity contribution in [3.63, 3.8) is 0 Å². The molecule has 0 radical (unpaired) electrons. The van der Waals surface area contributed by atoms with E-state index < -0.39 is 5.97 Å². The summed E-state index contributed by atoms with van der Waals surface area (Å²) in [4.78, 5) is 22.3. The number of benzene rings is 1. The maximum atomic E-state index is 11.8. The Morgan fingerprint density at radius 3 is 2.39 bits per heavy atom. The lowest BCUT2D eigenvalue weighted by molar-refractivity contribution is -0.137. The van der Waals surface area contributed by atoms with Crippen molar-refractivity contribution in [2.24, 2.45) is 0 Å². The van der Waals surface area contributed by atoms with E-state index in [1.807, 2.05) is 12.1 Å². The zero-order valence-corrected chi connectivity index (χ0v) is 10.8. The number of carboxylic acid groups (broad SMARTS) is 1. The molecule has 18 heavy (non-hydrogen) atoms. The van der Waals surface area contributed by atoms with Crippen molar-refractivity contribution >= 4 is 11.9 Å². The third-order valence-corrected chi connectivity index (χ3v) is 2.79. The second-order valence-electron chi connectivity index (χ2n) is 4.36. The largest absolute Gasteiger partial charge is 0.481 e. The van der Waals surface area contributed by atoms with Crippen molar-refractivity contribution in [3.05, 3.63) is 35.4 Å². The summed E-state index contributed by atoms with van der Waals surface area (Å²) < 4.78 is 0. The molecular formula is C14H19NO3. The fourth-order valence-electron chi connectivity index (χ4n) is 1.61. The molecule has 1 atom stereocenters. The fraction of sp³-hybridized carbons (Fsp3) is 0.429. The van der Waals surface area contributed by atoms with Crippen molar-refractivity contribution in [1.29, 1.82) is 0 Å². The smallest absolute Gasteiger partial charge is 0.303 e. The maximum Gasteiger partial charge on any atom is 0.303 e. The van der Waals surface area contributed by atoms with Gasteiger partial charge in [-0.3, -0.25) is 9.59 Å². The summed E-state index contributed by atoms with van der Waals surface area (Å²) in [7, 11) is 0. The molecular weight excluding hydrogens is 230 g/mol. The monoisotopic (exact) mass is 249 g/mol. The Hall–Kier alpha value is -1.84. The Morgan fingerprint density at radius 2 is 1.89 bits per heavy atom. The molecule has 0 heterocycles. The van der Waals surface area contributed by atoms with Crippen LogP contribution in [0.3, 0.4) is 0 Å². The van der Waals surface area contributed by atoms with E-state index in [2.05, 4.69) is 12.2 Å². The Balaban J connectivity index is 2.50. The molecule has 0 fully saturated rings. The van der Waals surface area contributed by atoms with Crippen LogP contribution < -0.4 is 5.32 Å². The van der Waals surface area contributed by atoms with Gasteiger partial charge in [0.15, 0.2) is 0 Å². The molecule has 2 N–H and O–H groups in total. The highest BCUT2D eigenvalue weighted by Gasteiger charge is 2.10. The maximum absolute atomic E-state index is 11.8. The second kappa shape index (κ2) is 6.79. The first-order chi connectivity index (χ1) is 8.52. The van der Waals surface area contributed by atoms with Gasteiger partial charge in [0.25, 0.3) is 5.91 Å². The lowest BCUT2D eigenvalue weighted by Crippen LogP contribution is -2.32. The standard InChI is InChI=1S/C14H19NO3/c1-3-11-5-7-12(8-6-11)14(18)15-10(2)4-9-13(16)17/h5-8,10H,3-4,9H2,1-2H3,(H,15,18)(H,16,17). The molecule has 1 unspecified atom stereocenters. The minimum atomic E-state index is -0.844. The molecule has 98 valence electrons. The molecule has 0 aliphatic rings. The van der Waals surface area contributed by atoms with Gasteiger partial charge in [0, 0.05) is 18.0 Å². The number of nitrogens with one attached hydrogen (secondary N) is 1. The molecule has 1 amide bonds. The van der Waals surface area contributed by atoms with Gasteiger partial charge in [0.05, 0.1) is 0 Å². The number of hydrogen-bond donors (Lipinski definition) is 2. The summed E-state index contributed by atoms with van der Waals surface area (Å²) in [6, 6.07) is 7.29. The van der Waals surface area contributed by atoms with Crippen molar-refractivity contribution in [3.8, 4) is 0 Å². The summed E-state index contributed by atoms with van der Waals surface area (Å²) in [5, 5.41) is 11.3. The van der Waals surface area contributed by atoms with E-state index in [1.165, 1.54) is 5.56 Å². The van der Waals surface area contributed by atoms with Crippen molar-refractivity contribution in [1.82, 2.24) is 5.32 Å². The average Bonchev–Trinajstić information content (AvgIpc) is 2.36. The van der Waals surface area contributed by atoms with Crippen LogP contribution >= 0.6 is 0 Å². The van der Waals surface area contributed by atoms with E-state index in [1.54, 1.807) is 19.1 Å². The van der Waals surface area contributed by atoms with Gasteiger partial charge in [-0.05, 0) is 37.5 Å². The number of amides is 1. The van der Waals surface area contributed by atoms with Crippen LogP contribution in [0.15, 0.2) is 24.3 Å². The molecule has 4 heteroatoms. The van der Waals surface area contributed by atoms with E-state index in [0.717, 1.165) is 6.42 Å². The summed E-state index contributed by atoms with van der Waals surface area (Å²) >= 11 is 0. The third kappa shape index (κ3) is 4.57. The van der Waals surface area contributed by atoms with Crippen LogP contribution in [0, 0.1) is 0 Å². The predicted octanol–water partition coefficient (Wildman–Crippen LogP) is 2.23. The van der Waals surface area contributed by atoms with Crippen molar-refractivity contribution in [2.45, 2.75) is 39.2 Å². The van der Waals surface area contributed by atoms with E-state index >= 15 is 0 Å². The number of carbonyl (C=O) groups excluding carboxylic acids is 1. The zero-order valence-electron chi connectivity index (χ0n) is 10.8. The minimum Gasteiger partial charge on any atom is -0.481 e. The Bertz CT molecular complexity index is 412. The molecule has 0 saturated heterocycles. The number of aryl methyl sites for hydroxylation is 1. The lowest BCUT2D eigenvalue weighted by Gasteiger charge is -2.12. The van der Waals surface area contributed by atoms with Gasteiger partial charge in [-0.15, -0.1) is 0 Å². The summed E-state index contributed by atoms with van der Waals surface area (Å²) in [5.74, 6) is -1.00. The van der Waals surface area contributed by atoms with E-state index in [9.17, 15) is 9.59 Å². The highest BCUT2D eigenvalue weighted by atomic mass is 16.4. The first-order valence-electron chi connectivity index (χ1n) is 6.14. The number of carbonyl (C=O) groups is 2. The van der Waals surface area contributed by atoms with Crippen LogP contribution in [0.5, 0.6) is 0 Å². The number of carboxylic acids is 1. The average molecular weight is 249 g/mol. The van der Waals surface area contributed by atoms with Crippen LogP contribution in [-0.2, 0) is 11.2 Å². The Labute approximate surface area is 107 Å². The summed E-state index contributed by atoms with van der Waals surface area (Å²) in [6.07, 6.45) is 1.45. The van der Waals surface area contributed by atoms with E-state index in [0.29, 0.717) is 12.0 Å². The molecule has 0 saturated carbocycles. The van der Waals surface area contributed by atoms with Gasteiger partial charge in [0.2, 0.25) is 0 Å². The SMILES string of the molecule is CCc1ccc(C(=O)NC(C)CCC(=O)O)cc1. The molecule has 0 aliphatic carbocycles. The second-order valence-corrected chi connectivity index (χ2v) is 4.36.